The molecule has 170 valence electrons. The maximum atomic E-state index is 10.7. The van der Waals surface area contributed by atoms with Crippen molar-refractivity contribution in [1.82, 2.24) is 19.5 Å². The van der Waals surface area contributed by atoms with Crippen LogP contribution in [0.15, 0.2) is 54.9 Å². The van der Waals surface area contributed by atoms with Gasteiger partial charge in [-0.15, -0.1) is 0 Å². The van der Waals surface area contributed by atoms with Crippen LogP contribution in [0, 0.1) is 13.8 Å². The van der Waals surface area contributed by atoms with E-state index in [1.807, 2.05) is 62.4 Å². The number of ether oxygens (including phenoxy) is 1. The van der Waals surface area contributed by atoms with E-state index in [0.29, 0.717) is 22.8 Å². The number of aliphatic hydroxyl groups is 3. The lowest BCUT2D eigenvalue weighted by molar-refractivity contribution is -0.0503. The number of rotatable bonds is 5. The predicted octanol–water partition coefficient (Wildman–Crippen LogP) is 2.47. The lowest BCUT2D eigenvalue weighted by Crippen LogP contribution is -2.33. The number of aliphatic hydroxyl groups excluding tert-OH is 3. The predicted molar refractivity (Wildman–Crippen MR) is 123 cm³/mol. The number of imidazole rings is 1. The SMILES string of the molecule is Cc1ccc(Nc2ncnc3c2nc(-c2ccc(C)cc2)n3[C@@H]2O[C@H](CO)[C@@H](O)[C@H]2O)cc1. The van der Waals surface area contributed by atoms with E-state index < -0.39 is 31.1 Å². The minimum Gasteiger partial charge on any atom is -0.394 e. The first kappa shape index (κ1) is 21.5. The zero-order valence-corrected chi connectivity index (χ0v) is 18.3. The standard InChI is InChI=1S/C24H25N5O4/c1-13-3-7-15(8-4-13)22-28-18-21(27-16-9-5-14(2)6-10-16)25-12-26-23(18)29(22)24-20(32)19(31)17(11-30)33-24/h3-10,12,17,19-20,24,30-32H,11H2,1-2H3,(H,25,26,27)/t17-,19-,20-,24-/m1/s1. The summed E-state index contributed by atoms with van der Waals surface area (Å²) in [5.74, 6) is 1.01. The summed E-state index contributed by atoms with van der Waals surface area (Å²) in [5, 5.41) is 34.0. The Morgan fingerprint density at radius 1 is 0.939 bits per heavy atom. The third-order valence-electron chi connectivity index (χ3n) is 5.87. The van der Waals surface area contributed by atoms with Crippen LogP contribution in [-0.2, 0) is 4.74 Å². The lowest BCUT2D eigenvalue weighted by atomic mass is 10.1. The van der Waals surface area contributed by atoms with Gasteiger partial charge in [-0.25, -0.2) is 15.0 Å². The highest BCUT2D eigenvalue weighted by Gasteiger charge is 2.45. The van der Waals surface area contributed by atoms with Crippen LogP contribution >= 0.6 is 0 Å². The second kappa shape index (κ2) is 8.53. The smallest absolute Gasteiger partial charge is 0.168 e. The summed E-state index contributed by atoms with van der Waals surface area (Å²) in [6.45, 7) is 3.59. The number of hydrogen-bond donors (Lipinski definition) is 4. The summed E-state index contributed by atoms with van der Waals surface area (Å²) >= 11 is 0. The summed E-state index contributed by atoms with van der Waals surface area (Å²) in [7, 11) is 0. The lowest BCUT2D eigenvalue weighted by Gasteiger charge is -2.19. The van der Waals surface area contributed by atoms with Gasteiger partial charge in [0, 0.05) is 11.3 Å². The van der Waals surface area contributed by atoms with E-state index in [4.69, 9.17) is 9.72 Å². The molecular weight excluding hydrogens is 422 g/mol. The maximum absolute atomic E-state index is 10.7. The minimum absolute atomic E-state index is 0.420. The summed E-state index contributed by atoms with van der Waals surface area (Å²) in [6, 6.07) is 15.7. The zero-order valence-electron chi connectivity index (χ0n) is 18.3. The fourth-order valence-corrected chi connectivity index (χ4v) is 4.01. The van der Waals surface area contributed by atoms with E-state index in [0.717, 1.165) is 22.4 Å². The van der Waals surface area contributed by atoms with Crippen LogP contribution in [-0.4, -0.2) is 59.8 Å². The summed E-state index contributed by atoms with van der Waals surface area (Å²) in [6.07, 6.45) is -3.00. The number of aromatic nitrogens is 4. The van der Waals surface area contributed by atoms with Crippen molar-refractivity contribution in [3.05, 3.63) is 66.0 Å². The Bertz CT molecular complexity index is 1270. The Balaban J connectivity index is 1.67. The normalized spacial score (nSPS) is 22.7. The number of nitrogens with zero attached hydrogens (tertiary/aromatic N) is 4. The topological polar surface area (TPSA) is 126 Å². The van der Waals surface area contributed by atoms with Gasteiger partial charge in [-0.3, -0.25) is 4.57 Å². The van der Waals surface area contributed by atoms with Crippen molar-refractivity contribution in [3.8, 4) is 11.4 Å². The van der Waals surface area contributed by atoms with Gasteiger partial charge in [-0.2, -0.15) is 0 Å². The van der Waals surface area contributed by atoms with Crippen molar-refractivity contribution in [2.75, 3.05) is 11.9 Å². The molecule has 0 amide bonds. The first-order valence-electron chi connectivity index (χ1n) is 10.7. The Morgan fingerprint density at radius 2 is 1.61 bits per heavy atom. The third kappa shape index (κ3) is 3.85. The van der Waals surface area contributed by atoms with Gasteiger partial charge in [0.2, 0.25) is 0 Å². The van der Waals surface area contributed by atoms with Gasteiger partial charge < -0.3 is 25.4 Å². The number of aryl methyl sites for hydroxylation is 2. The molecule has 2 aromatic carbocycles. The second-order valence-corrected chi connectivity index (χ2v) is 8.29. The molecule has 2 aromatic heterocycles. The second-order valence-electron chi connectivity index (χ2n) is 8.29. The molecule has 0 aliphatic carbocycles. The Morgan fingerprint density at radius 3 is 2.24 bits per heavy atom. The van der Waals surface area contributed by atoms with E-state index >= 15 is 0 Å². The average molecular weight is 447 g/mol. The molecule has 1 aliphatic heterocycles. The van der Waals surface area contributed by atoms with E-state index in [9.17, 15) is 15.3 Å². The first-order chi connectivity index (χ1) is 16.0. The fourth-order valence-electron chi connectivity index (χ4n) is 4.01. The molecule has 4 aromatic rings. The molecule has 0 bridgehead atoms. The number of anilines is 2. The molecule has 9 heteroatoms. The number of benzene rings is 2. The molecule has 4 N–H and O–H groups in total. The van der Waals surface area contributed by atoms with Gasteiger partial charge in [-0.05, 0) is 26.0 Å². The third-order valence-corrected chi connectivity index (χ3v) is 5.87. The van der Waals surface area contributed by atoms with Crippen molar-refractivity contribution in [1.29, 1.82) is 0 Å². The number of fused-ring (bicyclic) bond motifs is 1. The molecule has 1 saturated heterocycles. The van der Waals surface area contributed by atoms with Crippen LogP contribution in [0.1, 0.15) is 17.4 Å². The maximum Gasteiger partial charge on any atom is 0.168 e. The molecule has 0 spiro atoms. The molecule has 33 heavy (non-hydrogen) atoms. The molecule has 3 heterocycles. The van der Waals surface area contributed by atoms with Gasteiger partial charge in [-0.1, -0.05) is 47.5 Å². The van der Waals surface area contributed by atoms with Crippen molar-refractivity contribution in [3.63, 3.8) is 0 Å². The van der Waals surface area contributed by atoms with Crippen molar-refractivity contribution < 1.29 is 20.1 Å². The molecule has 4 atom stereocenters. The fraction of sp³-hybridized carbons (Fsp3) is 0.292. The summed E-state index contributed by atoms with van der Waals surface area (Å²) in [4.78, 5) is 13.6. The quantitative estimate of drug-likeness (QED) is 0.368. The van der Waals surface area contributed by atoms with Gasteiger partial charge in [0.05, 0.1) is 6.61 Å². The van der Waals surface area contributed by atoms with Gasteiger partial charge in [0.25, 0.3) is 0 Å². The molecule has 5 rings (SSSR count). The van der Waals surface area contributed by atoms with E-state index in [1.54, 1.807) is 4.57 Å². The van der Waals surface area contributed by atoms with Gasteiger partial charge in [0.15, 0.2) is 23.2 Å². The number of nitrogens with one attached hydrogen (secondary N) is 1. The van der Waals surface area contributed by atoms with Crippen LogP contribution in [0.3, 0.4) is 0 Å². The largest absolute Gasteiger partial charge is 0.394 e. The monoisotopic (exact) mass is 447 g/mol. The molecule has 0 unspecified atom stereocenters. The average Bonchev–Trinajstić information content (AvgIpc) is 3.34. The molecular formula is C24H25N5O4. The number of hydrogen-bond acceptors (Lipinski definition) is 8. The van der Waals surface area contributed by atoms with Crippen LogP contribution in [0.5, 0.6) is 0 Å². The Kier molecular flexibility index (Phi) is 5.55. The molecule has 0 radical (unpaired) electrons. The van der Waals surface area contributed by atoms with Crippen LogP contribution < -0.4 is 5.32 Å². The Hall–Kier alpha value is -3.37. The van der Waals surface area contributed by atoms with Crippen LogP contribution in [0.25, 0.3) is 22.6 Å². The van der Waals surface area contributed by atoms with Gasteiger partial charge in [0.1, 0.15) is 30.5 Å². The Labute approximate surface area is 190 Å². The highest BCUT2D eigenvalue weighted by Crippen LogP contribution is 2.37. The highest BCUT2D eigenvalue weighted by molar-refractivity contribution is 5.88. The van der Waals surface area contributed by atoms with Crippen LogP contribution in [0.4, 0.5) is 11.5 Å². The molecule has 1 aliphatic rings. The summed E-state index contributed by atoms with van der Waals surface area (Å²) in [5.41, 5.74) is 4.80. The van der Waals surface area contributed by atoms with Crippen LogP contribution in [0.2, 0.25) is 0 Å². The van der Waals surface area contributed by atoms with Crippen molar-refractivity contribution in [2.45, 2.75) is 38.4 Å². The first-order valence-corrected chi connectivity index (χ1v) is 10.7. The zero-order chi connectivity index (χ0) is 23.1. The van der Waals surface area contributed by atoms with E-state index in [2.05, 4.69) is 15.3 Å². The summed E-state index contributed by atoms with van der Waals surface area (Å²) < 4.78 is 7.50. The molecule has 1 fully saturated rings. The highest BCUT2D eigenvalue weighted by atomic mass is 16.6. The van der Waals surface area contributed by atoms with Crippen molar-refractivity contribution >= 4 is 22.7 Å². The van der Waals surface area contributed by atoms with Crippen molar-refractivity contribution in [2.24, 2.45) is 0 Å². The van der Waals surface area contributed by atoms with Gasteiger partial charge >= 0.3 is 0 Å². The van der Waals surface area contributed by atoms with E-state index in [-0.39, 0.29) is 0 Å². The molecule has 9 nitrogen and oxygen atoms in total. The molecule has 0 saturated carbocycles. The van der Waals surface area contributed by atoms with E-state index in [1.165, 1.54) is 6.33 Å². The minimum atomic E-state index is -1.27.